The fourth-order valence-electron chi connectivity index (χ4n) is 4.44. The van der Waals surface area contributed by atoms with Crippen LogP contribution in [0.15, 0.2) is 23.5 Å². The number of aliphatic imine (C=N–C) groups is 1. The van der Waals surface area contributed by atoms with Crippen molar-refractivity contribution in [3.8, 4) is 5.75 Å². The van der Waals surface area contributed by atoms with Crippen LogP contribution in [0.3, 0.4) is 0 Å². The van der Waals surface area contributed by atoms with Gasteiger partial charge in [0.05, 0.1) is 31.1 Å². The number of nitrogens with two attached hydrogens (primary N) is 2. The molecule has 5 rings (SSSR count). The maximum absolute atomic E-state index is 6.42. The minimum atomic E-state index is 0.0792. The van der Waals surface area contributed by atoms with E-state index in [0.29, 0.717) is 23.9 Å². The third-order valence-corrected chi connectivity index (χ3v) is 6.80. The molecule has 3 aliphatic rings. The SMILES string of the molecule is C[C@@H]1OCC2(CCN(c3cnc4c(n3)CN=C4Oc3ccnc(N)c3Cl)CC2)[C@@H]1N. The van der Waals surface area contributed by atoms with Crippen LogP contribution in [0.25, 0.3) is 0 Å². The van der Waals surface area contributed by atoms with Crippen LogP contribution in [-0.4, -0.2) is 52.7 Å². The summed E-state index contributed by atoms with van der Waals surface area (Å²) in [6.07, 6.45) is 5.41. The summed E-state index contributed by atoms with van der Waals surface area (Å²) in [7, 11) is 0. The number of rotatable bonds is 2. The number of hydrogen-bond acceptors (Lipinski definition) is 9. The molecule has 2 aromatic rings. The predicted octanol–water partition coefficient (Wildman–Crippen LogP) is 1.78. The Bertz CT molecular complexity index is 1010. The van der Waals surface area contributed by atoms with Crippen LogP contribution in [0.1, 0.15) is 31.2 Å². The standard InChI is InChI=1S/C20H24ClN7O2/c1-11-17(22)20(10-29-11)3-6-28(7-4-20)14-9-25-16-12(27-14)8-26-19(16)30-13-2-5-24-18(23)15(13)21/h2,5,9,11,17H,3-4,6-8,10,22H2,1H3,(H2,23,24)/t11-,17+/m0/s1. The van der Waals surface area contributed by atoms with Crippen molar-refractivity contribution in [2.45, 2.75) is 38.5 Å². The van der Waals surface area contributed by atoms with Gasteiger partial charge >= 0.3 is 0 Å². The van der Waals surface area contributed by atoms with E-state index in [1.807, 2.05) is 0 Å². The third-order valence-electron chi connectivity index (χ3n) is 6.42. The third kappa shape index (κ3) is 3.17. The number of hydrogen-bond donors (Lipinski definition) is 2. The fraction of sp³-hybridized carbons (Fsp3) is 0.500. The molecule has 4 N–H and O–H groups in total. The molecule has 30 heavy (non-hydrogen) atoms. The van der Waals surface area contributed by atoms with Crippen LogP contribution in [0.5, 0.6) is 5.75 Å². The fourth-order valence-corrected chi connectivity index (χ4v) is 4.59. The zero-order chi connectivity index (χ0) is 20.9. The number of pyridine rings is 1. The molecule has 0 aliphatic carbocycles. The lowest BCUT2D eigenvalue weighted by atomic mass is 9.73. The van der Waals surface area contributed by atoms with Gasteiger partial charge in [-0.3, -0.25) is 0 Å². The van der Waals surface area contributed by atoms with E-state index < -0.39 is 0 Å². The second-order valence-electron chi connectivity index (χ2n) is 8.15. The molecule has 9 nitrogen and oxygen atoms in total. The van der Waals surface area contributed by atoms with E-state index in [1.54, 1.807) is 12.3 Å². The number of anilines is 2. The first-order valence-electron chi connectivity index (χ1n) is 10.1. The molecule has 2 saturated heterocycles. The summed E-state index contributed by atoms with van der Waals surface area (Å²) in [6.45, 7) is 4.99. The van der Waals surface area contributed by atoms with E-state index in [0.717, 1.165) is 44.0 Å². The largest absolute Gasteiger partial charge is 0.435 e. The minimum Gasteiger partial charge on any atom is -0.435 e. The Hall–Kier alpha value is -2.49. The highest BCUT2D eigenvalue weighted by Crippen LogP contribution is 2.41. The lowest BCUT2D eigenvalue weighted by Crippen LogP contribution is -2.50. The van der Waals surface area contributed by atoms with E-state index >= 15 is 0 Å². The zero-order valence-electron chi connectivity index (χ0n) is 16.7. The molecular weight excluding hydrogens is 406 g/mol. The van der Waals surface area contributed by atoms with Crippen LogP contribution in [0.4, 0.5) is 11.6 Å². The van der Waals surface area contributed by atoms with Gasteiger partial charge in [0.25, 0.3) is 0 Å². The number of ether oxygens (including phenoxy) is 2. The van der Waals surface area contributed by atoms with Gasteiger partial charge in [-0.2, -0.15) is 0 Å². The minimum absolute atomic E-state index is 0.0792. The van der Waals surface area contributed by atoms with Gasteiger partial charge in [-0.05, 0) is 19.8 Å². The Kier molecular flexibility index (Phi) is 4.76. The first-order chi connectivity index (χ1) is 14.5. The lowest BCUT2D eigenvalue weighted by molar-refractivity contribution is 0.0974. The highest BCUT2D eigenvalue weighted by molar-refractivity contribution is 6.34. The van der Waals surface area contributed by atoms with Gasteiger partial charge in [-0.15, -0.1) is 0 Å². The van der Waals surface area contributed by atoms with Crippen molar-refractivity contribution in [3.63, 3.8) is 0 Å². The number of aromatic nitrogens is 3. The van der Waals surface area contributed by atoms with Crippen LogP contribution >= 0.6 is 11.6 Å². The Balaban J connectivity index is 1.29. The number of halogens is 1. The molecule has 0 bridgehead atoms. The maximum Gasteiger partial charge on any atom is 0.243 e. The second-order valence-corrected chi connectivity index (χ2v) is 8.52. The number of piperidine rings is 1. The van der Waals surface area contributed by atoms with Crippen molar-refractivity contribution in [1.82, 2.24) is 15.0 Å². The molecular formula is C20H24ClN7O2. The molecule has 2 fully saturated rings. The average molecular weight is 430 g/mol. The summed E-state index contributed by atoms with van der Waals surface area (Å²) in [6, 6.07) is 1.73. The molecule has 1 spiro atoms. The van der Waals surface area contributed by atoms with Crippen molar-refractivity contribution in [2.75, 3.05) is 30.3 Å². The first-order valence-corrected chi connectivity index (χ1v) is 10.5. The Labute approximate surface area is 179 Å². The van der Waals surface area contributed by atoms with Crippen molar-refractivity contribution in [1.29, 1.82) is 0 Å². The van der Waals surface area contributed by atoms with E-state index in [4.69, 9.17) is 37.5 Å². The van der Waals surface area contributed by atoms with Gasteiger partial charge in [-0.1, -0.05) is 11.6 Å². The molecule has 0 aromatic carbocycles. The number of nitrogen functional groups attached to an aromatic ring is 1. The summed E-state index contributed by atoms with van der Waals surface area (Å²) in [5, 5.41) is 0.254. The highest BCUT2D eigenvalue weighted by Gasteiger charge is 2.47. The summed E-state index contributed by atoms with van der Waals surface area (Å²) in [4.78, 5) is 20.0. The normalized spacial score (nSPS) is 24.8. The van der Waals surface area contributed by atoms with E-state index in [9.17, 15) is 0 Å². The van der Waals surface area contributed by atoms with Crippen LogP contribution in [0, 0.1) is 5.41 Å². The molecule has 158 valence electrons. The second kappa shape index (κ2) is 7.33. The van der Waals surface area contributed by atoms with Gasteiger partial charge in [0, 0.05) is 36.8 Å². The summed E-state index contributed by atoms with van der Waals surface area (Å²) >= 11 is 6.17. The van der Waals surface area contributed by atoms with Gasteiger partial charge in [0.15, 0.2) is 5.75 Å². The van der Waals surface area contributed by atoms with Crippen molar-refractivity contribution in [2.24, 2.45) is 16.1 Å². The van der Waals surface area contributed by atoms with Crippen molar-refractivity contribution >= 4 is 29.1 Å². The summed E-state index contributed by atoms with van der Waals surface area (Å²) in [5.41, 5.74) is 13.7. The number of nitrogens with zero attached hydrogens (tertiary/aromatic N) is 5. The Morgan fingerprint density at radius 2 is 2.10 bits per heavy atom. The molecule has 2 aromatic heterocycles. The maximum atomic E-state index is 6.42. The van der Waals surface area contributed by atoms with Gasteiger partial charge in [0.2, 0.25) is 5.90 Å². The van der Waals surface area contributed by atoms with Crippen LogP contribution in [-0.2, 0) is 11.3 Å². The summed E-state index contributed by atoms with van der Waals surface area (Å²) in [5.74, 6) is 1.84. The Morgan fingerprint density at radius 3 is 2.83 bits per heavy atom. The topological polar surface area (TPSA) is 125 Å². The molecule has 5 heterocycles. The zero-order valence-corrected chi connectivity index (χ0v) is 17.5. The monoisotopic (exact) mass is 429 g/mol. The summed E-state index contributed by atoms with van der Waals surface area (Å²) < 4.78 is 11.7. The van der Waals surface area contributed by atoms with Crippen molar-refractivity contribution in [3.05, 3.63) is 34.9 Å². The predicted molar refractivity (Wildman–Crippen MR) is 114 cm³/mol. The molecule has 0 amide bonds. The Morgan fingerprint density at radius 1 is 1.30 bits per heavy atom. The molecule has 0 saturated carbocycles. The average Bonchev–Trinajstić information content (AvgIpc) is 3.28. The molecule has 0 unspecified atom stereocenters. The lowest BCUT2D eigenvalue weighted by Gasteiger charge is -2.41. The van der Waals surface area contributed by atoms with E-state index in [2.05, 4.69) is 26.8 Å². The van der Waals surface area contributed by atoms with E-state index in [-0.39, 0.29) is 28.4 Å². The van der Waals surface area contributed by atoms with E-state index in [1.165, 1.54) is 6.20 Å². The van der Waals surface area contributed by atoms with Crippen molar-refractivity contribution < 1.29 is 9.47 Å². The van der Waals surface area contributed by atoms with Crippen LogP contribution in [0.2, 0.25) is 5.02 Å². The molecule has 10 heteroatoms. The molecule has 2 atom stereocenters. The highest BCUT2D eigenvalue weighted by atomic mass is 35.5. The smallest absolute Gasteiger partial charge is 0.243 e. The van der Waals surface area contributed by atoms with Crippen LogP contribution < -0.4 is 21.1 Å². The number of fused-ring (bicyclic) bond motifs is 1. The van der Waals surface area contributed by atoms with Gasteiger partial charge < -0.3 is 25.8 Å². The molecule has 0 radical (unpaired) electrons. The van der Waals surface area contributed by atoms with Gasteiger partial charge in [-0.25, -0.2) is 19.9 Å². The quantitative estimate of drug-likeness (QED) is 0.740. The van der Waals surface area contributed by atoms with Gasteiger partial charge in [0.1, 0.15) is 22.4 Å². The first kappa shape index (κ1) is 19.5. The molecule has 3 aliphatic heterocycles.